The van der Waals surface area contributed by atoms with Crippen molar-refractivity contribution in [3.8, 4) is 6.07 Å². The predicted molar refractivity (Wildman–Crippen MR) is 216 cm³/mol. The molecular formula is C43H42F3N7O6S. The van der Waals surface area contributed by atoms with E-state index >= 15 is 4.39 Å². The number of likely N-dealkylation sites (N-methyl/N-ethyl adjacent to an activating group) is 1. The number of esters is 2. The third-order valence-corrected chi connectivity index (χ3v) is 11.5. The summed E-state index contributed by atoms with van der Waals surface area (Å²) in [6, 6.07) is 13.4. The Morgan fingerprint density at radius 1 is 1.07 bits per heavy atom. The van der Waals surface area contributed by atoms with Crippen LogP contribution in [0.25, 0.3) is 10.9 Å². The number of carbonyl (C=O) groups is 2. The molecule has 0 radical (unpaired) electrons. The standard InChI is InChI=1S/C43H42F3N7O6S/c1-29(60-35-24-57-41(58-25-35)7-5-4-6-31-9-8-30(21-47)18-38(31)45)43(26-53-28-49-27-50-53,37-13-11-33(44)19-39(37)46)59-42(55)36-20-34(48-2)12-10-32(36)23-56-40(54)22-52-16-14-51(3)15-17-52/h4-13,18-20,27-29,35,41H,14-17,22-26H2,1,3H3/b6-4+,7-5+/t29-,35?,41?,43-/m1/s1. The van der Waals surface area contributed by atoms with Crippen LogP contribution in [-0.2, 0) is 42.5 Å². The summed E-state index contributed by atoms with van der Waals surface area (Å²) in [7, 11) is 2.01. The van der Waals surface area contributed by atoms with Gasteiger partial charge in [0.2, 0.25) is 0 Å². The van der Waals surface area contributed by atoms with E-state index in [1.165, 1.54) is 65.5 Å². The highest BCUT2D eigenvalue weighted by Crippen LogP contribution is 2.43. The predicted octanol–water partition coefficient (Wildman–Crippen LogP) is 6.29. The summed E-state index contributed by atoms with van der Waals surface area (Å²) in [4.78, 5) is 39.0. The molecule has 2 aliphatic rings. The lowest BCUT2D eigenvalue weighted by Crippen LogP contribution is -2.47. The number of hydrogen-bond donors (Lipinski definition) is 0. The molecule has 1 aromatic heterocycles. The number of nitriles is 1. The number of ether oxygens (including phenoxy) is 4. The topological polar surface area (TPSA) is 136 Å². The van der Waals surface area contributed by atoms with E-state index < -0.39 is 46.5 Å². The minimum absolute atomic E-state index is 0.0666. The normalized spacial score (nSPS) is 19.1. The van der Waals surface area contributed by atoms with E-state index in [-0.39, 0.29) is 66.1 Å². The molecule has 0 N–H and O–H groups in total. The summed E-state index contributed by atoms with van der Waals surface area (Å²) in [6.45, 7) is 12.2. The van der Waals surface area contributed by atoms with E-state index in [0.717, 1.165) is 25.2 Å². The van der Waals surface area contributed by atoms with Gasteiger partial charge in [-0.05, 0) is 50.4 Å². The second-order valence-corrected chi connectivity index (χ2v) is 15.9. The van der Waals surface area contributed by atoms with E-state index in [0.29, 0.717) is 24.7 Å². The molecule has 0 unspecified atom stereocenters. The van der Waals surface area contributed by atoms with E-state index in [2.05, 4.69) is 19.8 Å². The van der Waals surface area contributed by atoms with Crippen molar-refractivity contribution < 1.29 is 41.7 Å². The van der Waals surface area contributed by atoms with Crippen LogP contribution in [0.15, 0.2) is 85.5 Å². The second kappa shape index (κ2) is 20.4. The summed E-state index contributed by atoms with van der Waals surface area (Å²) in [5.41, 5.74) is -1.19. The zero-order valence-corrected chi connectivity index (χ0v) is 33.7. The maximum atomic E-state index is 16.1. The Kier molecular flexibility index (Phi) is 14.9. The monoisotopic (exact) mass is 841 g/mol. The number of aromatic nitrogens is 3. The Balaban J connectivity index is 1.22. The smallest absolute Gasteiger partial charge is 0.338 e. The number of hydrogen-bond acceptors (Lipinski definition) is 12. The largest absolute Gasteiger partial charge is 0.460 e. The summed E-state index contributed by atoms with van der Waals surface area (Å²) in [5, 5.41) is 12.0. The van der Waals surface area contributed by atoms with Crippen LogP contribution >= 0.6 is 11.8 Å². The SMILES string of the molecule is [C-]#[N+]c1ccc(COC(=O)CN2CCN(C)CC2)c(C(=O)O[C@@](Cn2cncn2)(c2ccc(F)cc2F)[C@@H](C)SC2COC(/C=C/C=C/c3ccc(C#N)cc3F)OC2)c1. The summed E-state index contributed by atoms with van der Waals surface area (Å²) in [6.07, 6.45) is 8.36. The van der Waals surface area contributed by atoms with Gasteiger partial charge >= 0.3 is 11.9 Å². The van der Waals surface area contributed by atoms with Gasteiger partial charge in [0.15, 0.2) is 17.6 Å². The Labute approximate surface area is 349 Å². The number of thioether (sulfide) groups is 1. The lowest BCUT2D eigenvalue weighted by molar-refractivity contribution is -0.147. The minimum Gasteiger partial charge on any atom is -0.460 e. The van der Waals surface area contributed by atoms with Crippen LogP contribution in [-0.4, -0.2) is 106 Å². The van der Waals surface area contributed by atoms with E-state index in [1.54, 1.807) is 31.2 Å². The first-order chi connectivity index (χ1) is 29.0. The molecule has 0 saturated carbocycles. The number of allylic oxidation sites excluding steroid dienone is 2. The van der Waals surface area contributed by atoms with Crippen molar-refractivity contribution in [1.82, 2.24) is 24.6 Å². The molecule has 4 aromatic rings. The van der Waals surface area contributed by atoms with Gasteiger partial charge in [0.1, 0.15) is 36.7 Å². The number of carbonyl (C=O) groups excluding carboxylic acids is 2. The molecule has 2 fully saturated rings. The second-order valence-electron chi connectivity index (χ2n) is 14.2. The third-order valence-electron chi connectivity index (χ3n) is 10.0. The highest BCUT2D eigenvalue weighted by Gasteiger charge is 2.47. The molecule has 6 rings (SSSR count). The lowest BCUT2D eigenvalue weighted by atomic mass is 9.89. The Bertz CT molecular complexity index is 2280. The number of nitrogens with zero attached hydrogens (tertiary/aromatic N) is 7. The number of halogens is 3. The lowest BCUT2D eigenvalue weighted by Gasteiger charge is -2.40. The van der Waals surface area contributed by atoms with Crippen LogP contribution in [0.4, 0.5) is 18.9 Å². The molecule has 3 heterocycles. The van der Waals surface area contributed by atoms with Crippen LogP contribution in [0.2, 0.25) is 0 Å². The average Bonchev–Trinajstić information content (AvgIpc) is 3.76. The van der Waals surface area contributed by atoms with Crippen LogP contribution in [0.3, 0.4) is 0 Å². The van der Waals surface area contributed by atoms with Gasteiger partial charge in [-0.2, -0.15) is 10.4 Å². The van der Waals surface area contributed by atoms with Gasteiger partial charge in [-0.3, -0.25) is 9.69 Å². The zero-order chi connectivity index (χ0) is 42.6. The van der Waals surface area contributed by atoms with Crippen molar-refractivity contribution in [2.75, 3.05) is 53.0 Å². The van der Waals surface area contributed by atoms with Gasteiger partial charge in [0, 0.05) is 54.2 Å². The molecule has 0 spiro atoms. The van der Waals surface area contributed by atoms with Crippen LogP contribution in [0.1, 0.15) is 39.5 Å². The van der Waals surface area contributed by atoms with Crippen LogP contribution in [0.5, 0.6) is 0 Å². The molecule has 3 aromatic carbocycles. The molecule has 2 saturated heterocycles. The van der Waals surface area contributed by atoms with Crippen molar-refractivity contribution in [1.29, 1.82) is 5.26 Å². The summed E-state index contributed by atoms with van der Waals surface area (Å²) in [5.74, 6) is -3.78. The zero-order valence-electron chi connectivity index (χ0n) is 32.9. The first kappa shape index (κ1) is 43.8. The molecule has 0 amide bonds. The van der Waals surface area contributed by atoms with Gasteiger partial charge in [-0.25, -0.2) is 32.5 Å². The van der Waals surface area contributed by atoms with E-state index in [1.807, 2.05) is 18.0 Å². The molecule has 17 heteroatoms. The Morgan fingerprint density at radius 2 is 1.85 bits per heavy atom. The Hall–Kier alpha value is -5.82. The van der Waals surface area contributed by atoms with Crippen molar-refractivity contribution in [2.24, 2.45) is 0 Å². The summed E-state index contributed by atoms with van der Waals surface area (Å²) >= 11 is 1.29. The van der Waals surface area contributed by atoms with E-state index in [4.69, 9.17) is 30.8 Å². The molecule has 312 valence electrons. The summed E-state index contributed by atoms with van der Waals surface area (Å²) < 4.78 is 70.0. The van der Waals surface area contributed by atoms with Crippen LogP contribution < -0.4 is 0 Å². The molecule has 60 heavy (non-hydrogen) atoms. The highest BCUT2D eigenvalue weighted by molar-refractivity contribution is 8.00. The minimum atomic E-state index is -1.88. The molecular weight excluding hydrogens is 800 g/mol. The fourth-order valence-corrected chi connectivity index (χ4v) is 8.05. The third kappa shape index (κ3) is 11.3. The fraction of sp³-hybridized carbons (Fsp3) is 0.349. The average molecular weight is 842 g/mol. The Morgan fingerprint density at radius 3 is 2.53 bits per heavy atom. The molecule has 2 atom stereocenters. The number of piperazine rings is 1. The maximum absolute atomic E-state index is 16.1. The first-order valence-electron chi connectivity index (χ1n) is 19.0. The highest BCUT2D eigenvalue weighted by atomic mass is 32.2. The van der Waals surface area contributed by atoms with Crippen LogP contribution in [0, 0.1) is 35.4 Å². The van der Waals surface area contributed by atoms with Gasteiger partial charge in [0.05, 0.1) is 55.3 Å². The number of rotatable bonds is 15. The molecule has 0 bridgehead atoms. The molecule has 13 nitrogen and oxygen atoms in total. The van der Waals surface area contributed by atoms with Crippen molar-refractivity contribution in [3.05, 3.63) is 142 Å². The molecule has 0 aliphatic carbocycles. The van der Waals surface area contributed by atoms with Gasteiger partial charge in [-0.1, -0.05) is 36.4 Å². The van der Waals surface area contributed by atoms with E-state index in [9.17, 15) is 18.4 Å². The first-order valence-corrected chi connectivity index (χ1v) is 19.9. The van der Waals surface area contributed by atoms with Gasteiger partial charge < -0.3 is 23.8 Å². The van der Waals surface area contributed by atoms with Crippen molar-refractivity contribution in [3.63, 3.8) is 0 Å². The van der Waals surface area contributed by atoms with Crippen molar-refractivity contribution >= 4 is 35.5 Å². The van der Waals surface area contributed by atoms with Gasteiger partial charge in [-0.15, -0.1) is 11.8 Å². The molecule has 2 aliphatic heterocycles. The van der Waals surface area contributed by atoms with Crippen molar-refractivity contribution in [2.45, 2.75) is 42.5 Å². The quantitative estimate of drug-likeness (QED) is 0.0756. The maximum Gasteiger partial charge on any atom is 0.338 e. The number of benzene rings is 3. The van der Waals surface area contributed by atoms with Gasteiger partial charge in [0.25, 0.3) is 0 Å². The fourth-order valence-electron chi connectivity index (χ4n) is 6.69.